The quantitative estimate of drug-likeness (QED) is 0.688. The molecule has 3 aromatic rings. The number of aromatic nitrogens is 3. The van der Waals surface area contributed by atoms with Gasteiger partial charge in [0.05, 0.1) is 0 Å². The molecule has 24 heavy (non-hydrogen) atoms. The monoisotopic (exact) mass is 321 g/mol. The SMILES string of the molecule is Cc1nc(-c2cccc(NC(=O)[C@](C)(N)c3ccccc3)c2)n[nH]1. The highest BCUT2D eigenvalue weighted by atomic mass is 16.2. The highest BCUT2D eigenvalue weighted by molar-refractivity contribution is 5.98. The van der Waals surface area contributed by atoms with Gasteiger partial charge in [0.15, 0.2) is 5.82 Å². The molecular formula is C18H19N5O. The third-order valence-electron chi connectivity index (χ3n) is 3.82. The largest absolute Gasteiger partial charge is 0.324 e. The van der Waals surface area contributed by atoms with E-state index in [9.17, 15) is 4.79 Å². The fraction of sp³-hybridized carbons (Fsp3) is 0.167. The predicted octanol–water partition coefficient (Wildman–Crippen LogP) is 2.59. The molecule has 4 N–H and O–H groups in total. The number of aryl methyl sites for hydroxylation is 1. The summed E-state index contributed by atoms with van der Waals surface area (Å²) in [6.07, 6.45) is 0. The molecule has 0 saturated heterocycles. The van der Waals surface area contributed by atoms with Crippen LogP contribution in [-0.2, 0) is 10.3 Å². The van der Waals surface area contributed by atoms with E-state index in [2.05, 4.69) is 20.5 Å². The minimum absolute atomic E-state index is 0.281. The summed E-state index contributed by atoms with van der Waals surface area (Å²) in [5.41, 5.74) is 7.33. The second kappa shape index (κ2) is 6.25. The Morgan fingerprint density at radius 2 is 1.92 bits per heavy atom. The van der Waals surface area contributed by atoms with E-state index >= 15 is 0 Å². The van der Waals surface area contributed by atoms with Crippen molar-refractivity contribution in [2.45, 2.75) is 19.4 Å². The number of aromatic amines is 1. The van der Waals surface area contributed by atoms with Crippen LogP contribution in [0.25, 0.3) is 11.4 Å². The topological polar surface area (TPSA) is 96.7 Å². The zero-order valence-corrected chi connectivity index (χ0v) is 13.6. The molecule has 0 bridgehead atoms. The van der Waals surface area contributed by atoms with E-state index in [1.54, 1.807) is 6.92 Å². The Balaban J connectivity index is 1.82. The summed E-state index contributed by atoms with van der Waals surface area (Å²) in [5.74, 6) is 1.04. The number of H-pyrrole nitrogens is 1. The maximum atomic E-state index is 12.6. The smallest absolute Gasteiger partial charge is 0.248 e. The van der Waals surface area contributed by atoms with Gasteiger partial charge in [-0.05, 0) is 31.5 Å². The second-order valence-electron chi connectivity index (χ2n) is 5.85. The van der Waals surface area contributed by atoms with Gasteiger partial charge in [0, 0.05) is 11.3 Å². The lowest BCUT2D eigenvalue weighted by molar-refractivity contribution is -0.120. The lowest BCUT2D eigenvalue weighted by Gasteiger charge is -2.24. The number of amides is 1. The summed E-state index contributed by atoms with van der Waals surface area (Å²) in [7, 11) is 0. The van der Waals surface area contributed by atoms with Crippen molar-refractivity contribution >= 4 is 11.6 Å². The molecule has 3 rings (SSSR count). The van der Waals surface area contributed by atoms with Crippen LogP contribution in [0, 0.1) is 6.92 Å². The summed E-state index contributed by atoms with van der Waals surface area (Å²) in [4.78, 5) is 16.9. The molecule has 0 aliphatic carbocycles. The number of benzene rings is 2. The van der Waals surface area contributed by atoms with Gasteiger partial charge < -0.3 is 11.1 Å². The predicted molar refractivity (Wildman–Crippen MR) is 93.2 cm³/mol. The third-order valence-corrected chi connectivity index (χ3v) is 3.82. The molecule has 2 aromatic carbocycles. The Morgan fingerprint density at radius 1 is 1.17 bits per heavy atom. The maximum Gasteiger partial charge on any atom is 0.248 e. The first-order valence-corrected chi connectivity index (χ1v) is 7.62. The molecule has 122 valence electrons. The van der Waals surface area contributed by atoms with Crippen LogP contribution in [-0.4, -0.2) is 21.1 Å². The summed E-state index contributed by atoms with van der Waals surface area (Å²) < 4.78 is 0. The van der Waals surface area contributed by atoms with Crippen LogP contribution < -0.4 is 11.1 Å². The number of nitrogens with two attached hydrogens (primary N) is 1. The van der Waals surface area contributed by atoms with Gasteiger partial charge in [0.25, 0.3) is 0 Å². The first-order chi connectivity index (χ1) is 11.5. The van der Waals surface area contributed by atoms with Crippen LogP contribution in [0.2, 0.25) is 0 Å². The number of anilines is 1. The molecule has 6 nitrogen and oxygen atoms in total. The number of hydrogen-bond acceptors (Lipinski definition) is 4. The Bertz CT molecular complexity index is 855. The molecule has 1 heterocycles. The minimum atomic E-state index is -1.13. The van der Waals surface area contributed by atoms with Gasteiger partial charge in [-0.1, -0.05) is 42.5 Å². The molecular weight excluding hydrogens is 302 g/mol. The van der Waals surface area contributed by atoms with Crippen molar-refractivity contribution in [1.29, 1.82) is 0 Å². The first-order valence-electron chi connectivity index (χ1n) is 7.62. The minimum Gasteiger partial charge on any atom is -0.324 e. The van der Waals surface area contributed by atoms with Crippen molar-refractivity contribution in [2.75, 3.05) is 5.32 Å². The Kier molecular flexibility index (Phi) is 4.14. The number of carbonyl (C=O) groups is 1. The molecule has 0 unspecified atom stereocenters. The number of rotatable bonds is 4. The van der Waals surface area contributed by atoms with Crippen molar-refractivity contribution in [3.05, 3.63) is 66.0 Å². The van der Waals surface area contributed by atoms with E-state index in [1.165, 1.54) is 0 Å². The Labute approximate surface area is 140 Å². The molecule has 1 aromatic heterocycles. The molecule has 0 aliphatic rings. The maximum absolute atomic E-state index is 12.6. The lowest BCUT2D eigenvalue weighted by Crippen LogP contribution is -2.45. The number of carbonyl (C=O) groups excluding carboxylic acids is 1. The van der Waals surface area contributed by atoms with Gasteiger partial charge in [-0.25, -0.2) is 4.98 Å². The third kappa shape index (κ3) is 3.18. The van der Waals surface area contributed by atoms with Crippen molar-refractivity contribution in [2.24, 2.45) is 5.73 Å². The average Bonchev–Trinajstić information content (AvgIpc) is 3.02. The van der Waals surface area contributed by atoms with E-state index in [1.807, 2.05) is 61.5 Å². The molecule has 0 radical (unpaired) electrons. The van der Waals surface area contributed by atoms with Crippen LogP contribution in [0.3, 0.4) is 0 Å². The van der Waals surface area contributed by atoms with Gasteiger partial charge >= 0.3 is 0 Å². The highest BCUT2D eigenvalue weighted by Crippen LogP contribution is 2.23. The standard InChI is InChI=1S/C18H19N5O/c1-12-20-16(23-22-12)13-7-6-10-15(11-13)21-17(24)18(2,19)14-8-4-3-5-9-14/h3-11H,19H2,1-2H3,(H,21,24)(H,20,22,23)/t18-/m1/s1. The normalized spacial score (nSPS) is 13.3. The van der Waals surface area contributed by atoms with Gasteiger partial charge in [0.1, 0.15) is 11.4 Å². The van der Waals surface area contributed by atoms with E-state index in [4.69, 9.17) is 5.73 Å². The number of nitrogens with one attached hydrogen (secondary N) is 2. The molecule has 0 aliphatic heterocycles. The van der Waals surface area contributed by atoms with Gasteiger partial charge in [0.2, 0.25) is 5.91 Å². The summed E-state index contributed by atoms with van der Waals surface area (Å²) in [6.45, 7) is 3.53. The highest BCUT2D eigenvalue weighted by Gasteiger charge is 2.30. The summed E-state index contributed by atoms with van der Waals surface area (Å²) >= 11 is 0. The Hall–Kier alpha value is -2.99. The van der Waals surface area contributed by atoms with Crippen molar-refractivity contribution in [3.63, 3.8) is 0 Å². The van der Waals surface area contributed by atoms with Crippen LogP contribution in [0.15, 0.2) is 54.6 Å². The fourth-order valence-electron chi connectivity index (χ4n) is 2.38. The van der Waals surface area contributed by atoms with Crippen LogP contribution in [0.4, 0.5) is 5.69 Å². The van der Waals surface area contributed by atoms with Gasteiger partial charge in [-0.15, -0.1) is 0 Å². The first kappa shape index (κ1) is 15.9. The Morgan fingerprint density at radius 3 is 2.58 bits per heavy atom. The molecule has 6 heteroatoms. The van der Waals surface area contributed by atoms with Gasteiger partial charge in [-0.3, -0.25) is 9.89 Å². The fourth-order valence-corrected chi connectivity index (χ4v) is 2.38. The van der Waals surface area contributed by atoms with E-state index in [0.29, 0.717) is 11.5 Å². The molecule has 0 spiro atoms. The van der Waals surface area contributed by atoms with Crippen molar-refractivity contribution in [3.8, 4) is 11.4 Å². The second-order valence-corrected chi connectivity index (χ2v) is 5.85. The zero-order chi connectivity index (χ0) is 17.2. The van der Waals surface area contributed by atoms with E-state index in [0.717, 1.165) is 17.0 Å². The van der Waals surface area contributed by atoms with Crippen molar-refractivity contribution in [1.82, 2.24) is 15.2 Å². The molecule has 0 saturated carbocycles. The molecule has 0 fully saturated rings. The summed E-state index contributed by atoms with van der Waals surface area (Å²) in [6, 6.07) is 16.6. The zero-order valence-electron chi connectivity index (χ0n) is 13.6. The van der Waals surface area contributed by atoms with Crippen molar-refractivity contribution < 1.29 is 4.79 Å². The van der Waals surface area contributed by atoms with Crippen LogP contribution in [0.5, 0.6) is 0 Å². The molecule has 1 atom stereocenters. The van der Waals surface area contributed by atoms with Crippen LogP contribution in [0.1, 0.15) is 18.3 Å². The number of nitrogens with zero attached hydrogens (tertiary/aromatic N) is 2. The number of hydrogen-bond donors (Lipinski definition) is 3. The van der Waals surface area contributed by atoms with E-state index in [-0.39, 0.29) is 5.91 Å². The average molecular weight is 321 g/mol. The molecule has 1 amide bonds. The van der Waals surface area contributed by atoms with Gasteiger partial charge in [-0.2, -0.15) is 5.10 Å². The van der Waals surface area contributed by atoms with E-state index < -0.39 is 5.54 Å². The van der Waals surface area contributed by atoms with Crippen LogP contribution >= 0.6 is 0 Å². The summed E-state index contributed by atoms with van der Waals surface area (Å²) in [5, 5.41) is 9.80. The lowest BCUT2D eigenvalue weighted by atomic mass is 9.92.